The van der Waals surface area contributed by atoms with Gasteiger partial charge in [0.25, 0.3) is 5.91 Å². The van der Waals surface area contributed by atoms with E-state index in [9.17, 15) is 9.59 Å². The van der Waals surface area contributed by atoms with Gasteiger partial charge in [-0.2, -0.15) is 0 Å². The molecular weight excluding hydrogens is 384 g/mol. The number of rotatable bonds is 6. The van der Waals surface area contributed by atoms with Gasteiger partial charge in [0.15, 0.2) is 0 Å². The number of nitrogens with one attached hydrogen (secondary N) is 1. The van der Waals surface area contributed by atoms with Crippen LogP contribution in [0.3, 0.4) is 0 Å². The Balaban J connectivity index is 1.43. The Bertz CT molecular complexity index is 1080. The zero-order valence-corrected chi connectivity index (χ0v) is 17.9. The number of hydrogen-bond donors (Lipinski definition) is 1. The van der Waals surface area contributed by atoms with Crippen molar-refractivity contribution in [3.05, 3.63) is 45.1 Å². The second kappa shape index (κ2) is 8.67. The van der Waals surface area contributed by atoms with E-state index < -0.39 is 0 Å². The van der Waals surface area contributed by atoms with Crippen LogP contribution >= 0.6 is 11.3 Å². The van der Waals surface area contributed by atoms with Crippen molar-refractivity contribution in [3.63, 3.8) is 0 Å². The molecule has 0 bridgehead atoms. The van der Waals surface area contributed by atoms with Crippen LogP contribution in [0.2, 0.25) is 0 Å². The van der Waals surface area contributed by atoms with Crippen LogP contribution in [0.15, 0.2) is 33.5 Å². The highest BCUT2D eigenvalue weighted by Crippen LogP contribution is 2.31. The van der Waals surface area contributed by atoms with Crippen LogP contribution in [0.4, 0.5) is 0 Å². The molecule has 0 aliphatic carbocycles. The summed E-state index contributed by atoms with van der Waals surface area (Å²) in [5.41, 5.74) is 1.27. The van der Waals surface area contributed by atoms with Crippen LogP contribution in [-0.4, -0.2) is 36.5 Å². The van der Waals surface area contributed by atoms with Crippen molar-refractivity contribution >= 4 is 38.3 Å². The fourth-order valence-electron chi connectivity index (χ4n) is 4.31. The van der Waals surface area contributed by atoms with Crippen LogP contribution in [-0.2, 0) is 0 Å². The number of thiophene rings is 1. The first-order chi connectivity index (χ1) is 14.1. The van der Waals surface area contributed by atoms with Gasteiger partial charge < -0.3 is 14.6 Å². The van der Waals surface area contributed by atoms with Crippen molar-refractivity contribution in [1.82, 2.24) is 10.2 Å². The molecular formula is C23H28N2O3S. The number of fused-ring (bicyclic) bond motifs is 3. The molecule has 3 aromatic rings. The average Bonchev–Trinajstić information content (AvgIpc) is 3.18. The summed E-state index contributed by atoms with van der Waals surface area (Å²) in [7, 11) is 0. The number of aryl methyl sites for hydroxylation is 1. The van der Waals surface area contributed by atoms with Gasteiger partial charge in [-0.05, 0) is 57.4 Å². The third-order valence-corrected chi connectivity index (χ3v) is 7.05. The monoisotopic (exact) mass is 412 g/mol. The van der Waals surface area contributed by atoms with E-state index in [1.54, 1.807) is 6.07 Å². The maximum Gasteiger partial charge on any atom is 0.345 e. The third-order valence-electron chi connectivity index (χ3n) is 5.89. The van der Waals surface area contributed by atoms with Crippen molar-refractivity contribution in [2.45, 2.75) is 52.0 Å². The summed E-state index contributed by atoms with van der Waals surface area (Å²) in [6.45, 7) is 7.11. The molecule has 0 radical (unpaired) electrons. The molecule has 0 saturated carbocycles. The van der Waals surface area contributed by atoms with Crippen LogP contribution in [0, 0.1) is 6.92 Å². The predicted octanol–water partition coefficient (Wildman–Crippen LogP) is 4.70. The predicted molar refractivity (Wildman–Crippen MR) is 119 cm³/mol. The van der Waals surface area contributed by atoms with Gasteiger partial charge in [-0.1, -0.05) is 25.0 Å². The number of hydrogen-bond acceptors (Lipinski definition) is 5. The highest BCUT2D eigenvalue weighted by atomic mass is 32.1. The lowest BCUT2D eigenvalue weighted by atomic mass is 10.00. The van der Waals surface area contributed by atoms with E-state index >= 15 is 0 Å². The minimum absolute atomic E-state index is 0.114. The average molecular weight is 413 g/mol. The van der Waals surface area contributed by atoms with Gasteiger partial charge >= 0.3 is 5.63 Å². The Hall–Kier alpha value is -2.18. The number of amides is 1. The molecule has 1 amide bonds. The molecule has 1 fully saturated rings. The van der Waals surface area contributed by atoms with E-state index in [1.165, 1.54) is 43.6 Å². The van der Waals surface area contributed by atoms with Crippen molar-refractivity contribution in [2.24, 2.45) is 0 Å². The molecule has 3 heterocycles. The highest BCUT2D eigenvalue weighted by Gasteiger charge is 2.20. The highest BCUT2D eigenvalue weighted by molar-refractivity contribution is 7.21. The molecule has 5 nitrogen and oxygen atoms in total. The summed E-state index contributed by atoms with van der Waals surface area (Å²) in [4.78, 5) is 28.1. The first-order valence-corrected chi connectivity index (χ1v) is 11.4. The van der Waals surface area contributed by atoms with Gasteiger partial charge in [0.05, 0.1) is 15.0 Å². The molecule has 1 atom stereocenters. The lowest BCUT2D eigenvalue weighted by Crippen LogP contribution is -2.40. The van der Waals surface area contributed by atoms with Gasteiger partial charge in [-0.15, -0.1) is 11.3 Å². The molecule has 1 aliphatic rings. The van der Waals surface area contributed by atoms with Crippen LogP contribution in [0.25, 0.3) is 21.1 Å². The SMILES string of the molecule is CC[C@H]1CCCCN1CCCNC(=O)c1cc2c(=O)oc3ccc(C)cc3c2s1. The summed E-state index contributed by atoms with van der Waals surface area (Å²) in [5.74, 6) is -0.114. The van der Waals surface area contributed by atoms with E-state index in [0.29, 0.717) is 28.4 Å². The van der Waals surface area contributed by atoms with Crippen LogP contribution in [0.5, 0.6) is 0 Å². The minimum atomic E-state index is -0.387. The Morgan fingerprint density at radius 3 is 2.97 bits per heavy atom. The Kier molecular flexibility index (Phi) is 6.01. The maximum absolute atomic E-state index is 12.7. The van der Waals surface area contributed by atoms with Crippen molar-refractivity contribution < 1.29 is 9.21 Å². The van der Waals surface area contributed by atoms with Gasteiger partial charge in [-0.25, -0.2) is 4.79 Å². The Morgan fingerprint density at radius 1 is 1.28 bits per heavy atom. The summed E-state index contributed by atoms with van der Waals surface area (Å²) in [6, 6.07) is 8.10. The molecule has 1 aliphatic heterocycles. The fraction of sp³-hybridized carbons (Fsp3) is 0.478. The number of likely N-dealkylation sites (tertiary alicyclic amines) is 1. The topological polar surface area (TPSA) is 62.6 Å². The molecule has 29 heavy (non-hydrogen) atoms. The summed E-state index contributed by atoms with van der Waals surface area (Å²) in [5, 5.41) is 4.40. The summed E-state index contributed by atoms with van der Waals surface area (Å²) >= 11 is 1.37. The number of carbonyl (C=O) groups is 1. The van der Waals surface area contributed by atoms with Crippen molar-refractivity contribution in [2.75, 3.05) is 19.6 Å². The summed E-state index contributed by atoms with van der Waals surface area (Å²) in [6.07, 6.45) is 6.04. The van der Waals surface area contributed by atoms with Gasteiger partial charge in [0.2, 0.25) is 0 Å². The first kappa shape index (κ1) is 20.1. The second-order valence-corrected chi connectivity index (χ2v) is 9.00. The normalized spacial score (nSPS) is 17.8. The van der Waals surface area contributed by atoms with E-state index in [-0.39, 0.29) is 11.5 Å². The minimum Gasteiger partial charge on any atom is -0.422 e. The van der Waals surface area contributed by atoms with Gasteiger partial charge in [-0.3, -0.25) is 4.79 Å². The zero-order chi connectivity index (χ0) is 20.4. The van der Waals surface area contributed by atoms with Gasteiger partial charge in [0, 0.05) is 24.5 Å². The first-order valence-electron chi connectivity index (χ1n) is 10.6. The summed E-state index contributed by atoms with van der Waals surface area (Å²) < 4.78 is 6.25. The van der Waals surface area contributed by atoms with Crippen molar-refractivity contribution in [3.8, 4) is 0 Å². The lowest BCUT2D eigenvalue weighted by molar-refractivity contribution is 0.0951. The molecule has 1 aromatic carbocycles. The molecule has 154 valence electrons. The van der Waals surface area contributed by atoms with E-state index in [4.69, 9.17) is 4.42 Å². The van der Waals surface area contributed by atoms with E-state index in [2.05, 4.69) is 17.1 Å². The smallest absolute Gasteiger partial charge is 0.345 e. The van der Waals surface area contributed by atoms with Crippen molar-refractivity contribution in [1.29, 1.82) is 0 Å². The Morgan fingerprint density at radius 2 is 2.14 bits per heavy atom. The van der Waals surface area contributed by atoms with E-state index in [0.717, 1.165) is 28.6 Å². The molecule has 1 N–H and O–H groups in total. The van der Waals surface area contributed by atoms with Gasteiger partial charge in [0.1, 0.15) is 5.58 Å². The number of nitrogens with zero attached hydrogens (tertiary/aromatic N) is 1. The van der Waals surface area contributed by atoms with Crippen LogP contribution in [0.1, 0.15) is 54.3 Å². The quantitative estimate of drug-likeness (QED) is 0.471. The Labute approximate surface area is 174 Å². The molecule has 0 unspecified atom stereocenters. The fourth-order valence-corrected chi connectivity index (χ4v) is 5.39. The third kappa shape index (κ3) is 4.23. The number of carbonyl (C=O) groups excluding carboxylic acids is 1. The molecule has 0 spiro atoms. The molecule has 4 rings (SSSR count). The second-order valence-electron chi connectivity index (χ2n) is 7.95. The van der Waals surface area contributed by atoms with Crippen LogP contribution < -0.4 is 10.9 Å². The zero-order valence-electron chi connectivity index (χ0n) is 17.1. The molecule has 1 saturated heterocycles. The molecule has 2 aromatic heterocycles. The number of piperidine rings is 1. The largest absolute Gasteiger partial charge is 0.422 e. The van der Waals surface area contributed by atoms with E-state index in [1.807, 2.05) is 25.1 Å². The number of benzene rings is 1. The lowest BCUT2D eigenvalue weighted by Gasteiger charge is -2.35. The molecule has 6 heteroatoms. The maximum atomic E-state index is 12.7. The standard InChI is InChI=1S/C23H28N2O3S/c1-3-16-7-4-5-11-25(16)12-6-10-24-22(26)20-14-18-21(29-20)17-13-15(2)8-9-19(17)28-23(18)27/h8-9,13-14,16H,3-7,10-12H2,1-2H3,(H,24,26)/t16-/m0/s1.